The fraction of sp³-hybridized carbons (Fsp3) is 0.375. The molecule has 1 aliphatic heterocycles. The number of fused-ring (bicyclic) bond motifs is 1. The number of tetrazole rings is 1. The molecular formula is C16H17N5O2. The number of aromatic amines is 1. The van der Waals surface area contributed by atoms with Crippen molar-refractivity contribution >= 4 is 16.9 Å². The van der Waals surface area contributed by atoms with Crippen molar-refractivity contribution < 1.29 is 9.21 Å². The summed E-state index contributed by atoms with van der Waals surface area (Å²) < 4.78 is 5.82. The number of rotatable bonds is 3. The number of carbonyl (C=O) groups is 1. The van der Waals surface area contributed by atoms with Crippen molar-refractivity contribution in [1.82, 2.24) is 25.5 Å². The normalized spacial score (nSPS) is 19.3. The Balaban J connectivity index is 1.50. The van der Waals surface area contributed by atoms with Crippen LogP contribution in [0.3, 0.4) is 0 Å². The van der Waals surface area contributed by atoms with E-state index in [1.165, 1.54) is 0 Å². The third kappa shape index (κ3) is 2.48. The highest BCUT2D eigenvalue weighted by molar-refractivity contribution is 5.85. The van der Waals surface area contributed by atoms with Gasteiger partial charge >= 0.3 is 0 Å². The van der Waals surface area contributed by atoms with Gasteiger partial charge in [0.1, 0.15) is 11.3 Å². The number of carbonyl (C=O) groups excluding carboxylic acids is 1. The van der Waals surface area contributed by atoms with Gasteiger partial charge in [-0.3, -0.25) is 4.79 Å². The average Bonchev–Trinajstić information content (AvgIpc) is 3.32. The molecule has 3 heterocycles. The van der Waals surface area contributed by atoms with E-state index in [9.17, 15) is 4.79 Å². The first-order chi connectivity index (χ1) is 11.2. The second-order valence-electron chi connectivity index (χ2n) is 5.95. The van der Waals surface area contributed by atoms with E-state index >= 15 is 0 Å². The highest BCUT2D eigenvalue weighted by Crippen LogP contribution is 2.30. The average molecular weight is 311 g/mol. The first kappa shape index (κ1) is 13.9. The van der Waals surface area contributed by atoms with E-state index < -0.39 is 0 Å². The van der Waals surface area contributed by atoms with Gasteiger partial charge in [0, 0.05) is 24.4 Å². The maximum Gasteiger partial charge on any atom is 0.233 e. The molecule has 0 aliphatic carbocycles. The second-order valence-corrected chi connectivity index (χ2v) is 5.95. The van der Waals surface area contributed by atoms with Crippen LogP contribution in [0.15, 0.2) is 34.7 Å². The summed E-state index contributed by atoms with van der Waals surface area (Å²) >= 11 is 0. The molecular weight excluding hydrogens is 294 g/mol. The van der Waals surface area contributed by atoms with E-state index in [-0.39, 0.29) is 17.7 Å². The zero-order valence-corrected chi connectivity index (χ0v) is 12.8. The van der Waals surface area contributed by atoms with Gasteiger partial charge in [0.25, 0.3) is 0 Å². The zero-order valence-electron chi connectivity index (χ0n) is 12.8. The number of hydrogen-bond acceptors (Lipinski definition) is 5. The molecule has 1 aliphatic rings. The van der Waals surface area contributed by atoms with E-state index in [4.69, 9.17) is 4.42 Å². The third-order valence-electron chi connectivity index (χ3n) is 4.47. The van der Waals surface area contributed by atoms with Crippen LogP contribution < -0.4 is 0 Å². The van der Waals surface area contributed by atoms with Crippen molar-refractivity contribution in [2.75, 3.05) is 13.1 Å². The van der Waals surface area contributed by atoms with Gasteiger partial charge in [-0.1, -0.05) is 23.4 Å². The summed E-state index contributed by atoms with van der Waals surface area (Å²) in [5.41, 5.74) is 0.813. The summed E-state index contributed by atoms with van der Waals surface area (Å²) in [6, 6.07) is 9.74. The molecule has 2 unspecified atom stereocenters. The monoisotopic (exact) mass is 311 g/mol. The van der Waals surface area contributed by atoms with Crippen LogP contribution in [0.5, 0.6) is 0 Å². The third-order valence-corrected chi connectivity index (χ3v) is 4.47. The van der Waals surface area contributed by atoms with Crippen LogP contribution in [-0.4, -0.2) is 44.5 Å². The van der Waals surface area contributed by atoms with Crippen LogP contribution in [-0.2, 0) is 4.79 Å². The Morgan fingerprint density at radius 1 is 1.43 bits per heavy atom. The Bertz CT molecular complexity index is 793. The van der Waals surface area contributed by atoms with E-state index in [2.05, 4.69) is 20.6 Å². The van der Waals surface area contributed by atoms with Crippen molar-refractivity contribution in [2.24, 2.45) is 0 Å². The van der Waals surface area contributed by atoms with E-state index in [0.717, 1.165) is 17.4 Å². The summed E-state index contributed by atoms with van der Waals surface area (Å²) in [5, 5.41) is 15.1. The summed E-state index contributed by atoms with van der Waals surface area (Å²) in [6.07, 6.45) is 0.859. The number of nitrogens with one attached hydrogen (secondary N) is 1. The lowest BCUT2D eigenvalue weighted by Gasteiger charge is -2.19. The van der Waals surface area contributed by atoms with Gasteiger partial charge in [0.2, 0.25) is 5.91 Å². The number of H-pyrrole nitrogens is 1. The van der Waals surface area contributed by atoms with Crippen molar-refractivity contribution in [2.45, 2.75) is 25.2 Å². The number of benzene rings is 1. The van der Waals surface area contributed by atoms with Gasteiger partial charge in [0.05, 0.1) is 5.92 Å². The van der Waals surface area contributed by atoms with Crippen molar-refractivity contribution in [3.63, 3.8) is 0 Å². The number of aromatic nitrogens is 4. The summed E-state index contributed by atoms with van der Waals surface area (Å²) in [6.45, 7) is 3.23. The minimum atomic E-state index is -0.300. The first-order valence-electron chi connectivity index (χ1n) is 7.73. The fourth-order valence-corrected chi connectivity index (χ4v) is 3.13. The molecule has 0 radical (unpaired) electrons. The minimum Gasteiger partial charge on any atom is -0.460 e. The molecule has 7 heteroatoms. The SMILES string of the molecule is CC(C(=O)N1CCC(c2nn[nH]n2)C1)c1cc2ccccc2o1. The highest BCUT2D eigenvalue weighted by atomic mass is 16.3. The molecule has 1 amide bonds. The molecule has 2 aromatic heterocycles. The Morgan fingerprint density at radius 2 is 2.30 bits per heavy atom. The maximum absolute atomic E-state index is 12.7. The Kier molecular flexibility index (Phi) is 3.33. The number of para-hydroxylation sites is 1. The molecule has 0 saturated carbocycles. The molecule has 0 spiro atoms. The van der Waals surface area contributed by atoms with E-state index in [1.807, 2.05) is 42.2 Å². The van der Waals surface area contributed by atoms with Gasteiger partial charge in [-0.05, 0) is 25.5 Å². The van der Waals surface area contributed by atoms with Crippen molar-refractivity contribution in [1.29, 1.82) is 0 Å². The van der Waals surface area contributed by atoms with E-state index in [0.29, 0.717) is 24.7 Å². The number of amides is 1. The molecule has 7 nitrogen and oxygen atoms in total. The molecule has 1 saturated heterocycles. The summed E-state index contributed by atoms with van der Waals surface area (Å²) in [5.74, 6) is 1.32. The minimum absolute atomic E-state index is 0.0788. The number of nitrogens with zero attached hydrogens (tertiary/aromatic N) is 4. The molecule has 1 aromatic carbocycles. The van der Waals surface area contributed by atoms with Crippen LogP contribution in [0.2, 0.25) is 0 Å². The lowest BCUT2D eigenvalue weighted by Crippen LogP contribution is -2.32. The second kappa shape index (κ2) is 5.49. The Labute approximate surface area is 132 Å². The van der Waals surface area contributed by atoms with Gasteiger partial charge in [-0.15, -0.1) is 10.2 Å². The lowest BCUT2D eigenvalue weighted by molar-refractivity contribution is -0.131. The Hall–Kier alpha value is -2.70. The van der Waals surface area contributed by atoms with Crippen LogP contribution in [0, 0.1) is 0 Å². The largest absolute Gasteiger partial charge is 0.460 e. The maximum atomic E-state index is 12.7. The van der Waals surface area contributed by atoms with E-state index in [1.54, 1.807) is 0 Å². The molecule has 1 N–H and O–H groups in total. The van der Waals surface area contributed by atoms with Crippen molar-refractivity contribution in [3.8, 4) is 0 Å². The van der Waals surface area contributed by atoms with Gasteiger partial charge < -0.3 is 9.32 Å². The first-order valence-corrected chi connectivity index (χ1v) is 7.73. The molecule has 0 bridgehead atoms. The van der Waals surface area contributed by atoms with Crippen LogP contribution in [0.4, 0.5) is 0 Å². The fourth-order valence-electron chi connectivity index (χ4n) is 3.13. The topological polar surface area (TPSA) is 87.9 Å². The zero-order chi connectivity index (χ0) is 15.8. The Morgan fingerprint density at radius 3 is 3.09 bits per heavy atom. The standard InChI is InChI=1S/C16H17N5O2/c1-10(14-8-11-4-2-3-5-13(11)23-14)16(22)21-7-6-12(9-21)15-17-19-20-18-15/h2-5,8,10,12H,6-7,9H2,1H3,(H,17,18,19,20). The van der Waals surface area contributed by atoms with Crippen LogP contribution in [0.25, 0.3) is 11.0 Å². The predicted octanol–water partition coefficient (Wildman–Crippen LogP) is 2.07. The highest BCUT2D eigenvalue weighted by Gasteiger charge is 2.33. The molecule has 1 fully saturated rings. The number of furan rings is 1. The lowest BCUT2D eigenvalue weighted by atomic mass is 10.1. The van der Waals surface area contributed by atoms with Gasteiger partial charge in [0.15, 0.2) is 5.82 Å². The van der Waals surface area contributed by atoms with Gasteiger partial charge in [-0.2, -0.15) is 5.21 Å². The quantitative estimate of drug-likeness (QED) is 0.800. The summed E-state index contributed by atoms with van der Waals surface area (Å²) in [7, 11) is 0. The van der Waals surface area contributed by atoms with Crippen LogP contribution >= 0.6 is 0 Å². The molecule has 118 valence electrons. The van der Waals surface area contributed by atoms with Crippen molar-refractivity contribution in [3.05, 3.63) is 41.9 Å². The van der Waals surface area contributed by atoms with Gasteiger partial charge in [-0.25, -0.2) is 0 Å². The smallest absolute Gasteiger partial charge is 0.233 e. The molecule has 23 heavy (non-hydrogen) atoms. The summed E-state index contributed by atoms with van der Waals surface area (Å²) in [4.78, 5) is 14.6. The van der Waals surface area contributed by atoms with Crippen LogP contribution in [0.1, 0.15) is 36.8 Å². The molecule has 2 atom stereocenters. The molecule has 3 aromatic rings. The molecule has 4 rings (SSSR count). The number of likely N-dealkylation sites (tertiary alicyclic amines) is 1. The number of hydrogen-bond donors (Lipinski definition) is 1. The predicted molar refractivity (Wildman–Crippen MR) is 82.7 cm³/mol.